The highest BCUT2D eigenvalue weighted by Crippen LogP contribution is 2.20. The number of hydrogen-bond acceptors (Lipinski definition) is 2. The second-order valence-electron chi connectivity index (χ2n) is 3.55. The highest BCUT2D eigenvalue weighted by Gasteiger charge is 2.26. The van der Waals surface area contributed by atoms with Crippen LogP contribution in [-0.4, -0.2) is 19.0 Å². The third-order valence-corrected chi connectivity index (χ3v) is 2.50. The summed E-state index contributed by atoms with van der Waals surface area (Å²) in [5.41, 5.74) is -0.0492. The summed E-state index contributed by atoms with van der Waals surface area (Å²) in [5.74, 6) is -2.06. The molecule has 1 aliphatic rings. The van der Waals surface area contributed by atoms with E-state index in [1.807, 2.05) is 0 Å². The van der Waals surface area contributed by atoms with E-state index in [2.05, 4.69) is 0 Å². The fourth-order valence-corrected chi connectivity index (χ4v) is 1.65. The van der Waals surface area contributed by atoms with E-state index in [0.29, 0.717) is 19.6 Å². The minimum Gasteiger partial charge on any atom is -0.381 e. The van der Waals surface area contributed by atoms with Crippen molar-refractivity contribution in [1.82, 2.24) is 0 Å². The fourth-order valence-electron chi connectivity index (χ4n) is 1.65. The van der Waals surface area contributed by atoms with Crippen molar-refractivity contribution in [2.24, 2.45) is 5.92 Å². The molecule has 1 atom stereocenters. The molecular weight excluding hydrogens is 202 g/mol. The summed E-state index contributed by atoms with van der Waals surface area (Å²) in [6, 6.07) is 3.00. The van der Waals surface area contributed by atoms with Gasteiger partial charge in [-0.1, -0.05) is 0 Å². The summed E-state index contributed by atoms with van der Waals surface area (Å²) >= 11 is 0. The Labute approximate surface area is 85.9 Å². The summed E-state index contributed by atoms with van der Waals surface area (Å²) in [4.78, 5) is 11.7. The van der Waals surface area contributed by atoms with E-state index in [9.17, 15) is 13.6 Å². The van der Waals surface area contributed by atoms with Crippen LogP contribution in [0.1, 0.15) is 16.8 Å². The molecular formula is C11H10F2O2. The van der Waals surface area contributed by atoms with Gasteiger partial charge in [0.25, 0.3) is 0 Å². The largest absolute Gasteiger partial charge is 0.381 e. The molecule has 1 aromatic rings. The van der Waals surface area contributed by atoms with Crippen molar-refractivity contribution in [2.45, 2.75) is 6.42 Å². The molecule has 2 nitrogen and oxygen atoms in total. The van der Waals surface area contributed by atoms with Crippen molar-refractivity contribution in [3.05, 3.63) is 35.4 Å². The van der Waals surface area contributed by atoms with Gasteiger partial charge in [0, 0.05) is 18.6 Å². The van der Waals surface area contributed by atoms with Crippen molar-refractivity contribution in [3.8, 4) is 0 Å². The molecule has 0 aromatic heterocycles. The summed E-state index contributed by atoms with van der Waals surface area (Å²) in [5, 5.41) is 0. The van der Waals surface area contributed by atoms with Crippen molar-refractivity contribution in [2.75, 3.05) is 13.2 Å². The monoisotopic (exact) mass is 212 g/mol. The maximum atomic E-state index is 13.3. The quantitative estimate of drug-likeness (QED) is 0.702. The zero-order valence-electron chi connectivity index (χ0n) is 8.00. The van der Waals surface area contributed by atoms with E-state index in [4.69, 9.17) is 4.74 Å². The smallest absolute Gasteiger partial charge is 0.171 e. The van der Waals surface area contributed by atoms with E-state index in [1.54, 1.807) is 0 Å². The molecule has 1 unspecified atom stereocenters. The van der Waals surface area contributed by atoms with Gasteiger partial charge in [-0.3, -0.25) is 4.79 Å². The Morgan fingerprint density at radius 2 is 2.20 bits per heavy atom. The summed E-state index contributed by atoms with van der Waals surface area (Å²) in [7, 11) is 0. The first-order valence-electron chi connectivity index (χ1n) is 4.75. The molecule has 0 aliphatic carbocycles. The average molecular weight is 212 g/mol. The topological polar surface area (TPSA) is 26.3 Å². The van der Waals surface area contributed by atoms with Crippen molar-refractivity contribution in [3.63, 3.8) is 0 Å². The lowest BCUT2D eigenvalue weighted by Crippen LogP contribution is -2.16. The number of hydrogen-bond donors (Lipinski definition) is 0. The highest BCUT2D eigenvalue weighted by atomic mass is 19.1. The standard InChI is InChI=1S/C11H10F2O2/c12-8-1-2-9(10(13)5-8)11(14)7-3-4-15-6-7/h1-2,5,7H,3-4,6H2. The maximum Gasteiger partial charge on any atom is 0.171 e. The Balaban J connectivity index is 2.24. The first-order valence-corrected chi connectivity index (χ1v) is 4.75. The number of Topliss-reactive ketones (excluding diaryl/α,β-unsaturated/α-hetero) is 1. The van der Waals surface area contributed by atoms with E-state index >= 15 is 0 Å². The normalized spacial score (nSPS) is 20.5. The van der Waals surface area contributed by atoms with Crippen LogP contribution >= 0.6 is 0 Å². The van der Waals surface area contributed by atoms with Gasteiger partial charge in [-0.2, -0.15) is 0 Å². The fraction of sp³-hybridized carbons (Fsp3) is 0.364. The van der Waals surface area contributed by atoms with Gasteiger partial charge in [-0.25, -0.2) is 8.78 Å². The van der Waals surface area contributed by atoms with Crippen LogP contribution in [0.25, 0.3) is 0 Å². The predicted octanol–water partition coefficient (Wildman–Crippen LogP) is 2.18. The minimum absolute atomic E-state index is 0.0492. The molecule has 1 fully saturated rings. The molecule has 15 heavy (non-hydrogen) atoms. The van der Waals surface area contributed by atoms with E-state index < -0.39 is 11.6 Å². The zero-order valence-corrected chi connectivity index (χ0v) is 8.00. The van der Waals surface area contributed by atoms with E-state index in [0.717, 1.165) is 12.1 Å². The lowest BCUT2D eigenvalue weighted by molar-refractivity contribution is 0.0896. The molecule has 80 valence electrons. The first kappa shape index (κ1) is 10.2. The molecule has 0 spiro atoms. The van der Waals surface area contributed by atoms with Crippen LogP contribution in [0.4, 0.5) is 8.78 Å². The van der Waals surface area contributed by atoms with Gasteiger partial charge in [0.1, 0.15) is 11.6 Å². The van der Waals surface area contributed by atoms with Crippen LogP contribution in [0, 0.1) is 17.6 Å². The highest BCUT2D eigenvalue weighted by molar-refractivity contribution is 5.98. The molecule has 1 aliphatic heterocycles. The molecule has 1 saturated heterocycles. The average Bonchev–Trinajstić information content (AvgIpc) is 2.69. The summed E-state index contributed by atoms with van der Waals surface area (Å²) in [6.45, 7) is 0.856. The van der Waals surface area contributed by atoms with Crippen LogP contribution in [0.15, 0.2) is 18.2 Å². The third kappa shape index (κ3) is 2.04. The number of rotatable bonds is 2. The minimum atomic E-state index is -0.799. The van der Waals surface area contributed by atoms with Crippen LogP contribution < -0.4 is 0 Å². The summed E-state index contributed by atoms with van der Waals surface area (Å²) in [6.07, 6.45) is 0.607. The Kier molecular flexibility index (Phi) is 2.77. The van der Waals surface area contributed by atoms with Crippen LogP contribution in [0.2, 0.25) is 0 Å². The number of ketones is 1. The number of benzene rings is 1. The molecule has 0 radical (unpaired) electrons. The molecule has 0 N–H and O–H groups in total. The number of halogens is 2. The third-order valence-electron chi connectivity index (χ3n) is 2.50. The maximum absolute atomic E-state index is 13.3. The van der Waals surface area contributed by atoms with Gasteiger partial charge >= 0.3 is 0 Å². The second-order valence-corrected chi connectivity index (χ2v) is 3.55. The van der Waals surface area contributed by atoms with Gasteiger partial charge in [-0.05, 0) is 18.6 Å². The molecule has 2 rings (SSSR count). The lowest BCUT2D eigenvalue weighted by Gasteiger charge is -2.07. The van der Waals surface area contributed by atoms with Gasteiger partial charge in [-0.15, -0.1) is 0 Å². The zero-order chi connectivity index (χ0) is 10.8. The van der Waals surface area contributed by atoms with Crippen LogP contribution in [-0.2, 0) is 4.74 Å². The predicted molar refractivity (Wildman–Crippen MR) is 49.6 cm³/mol. The van der Waals surface area contributed by atoms with Gasteiger partial charge in [0.2, 0.25) is 0 Å². The lowest BCUT2D eigenvalue weighted by atomic mass is 9.97. The molecule has 1 aromatic carbocycles. The molecule has 0 saturated carbocycles. The second kappa shape index (κ2) is 4.06. The number of carbonyl (C=O) groups excluding carboxylic acids is 1. The van der Waals surface area contributed by atoms with Gasteiger partial charge in [0.05, 0.1) is 12.2 Å². The SMILES string of the molecule is O=C(c1ccc(F)cc1F)C1CCOC1. The van der Waals surface area contributed by atoms with Crippen molar-refractivity contribution >= 4 is 5.78 Å². The molecule has 1 heterocycles. The Hall–Kier alpha value is -1.29. The van der Waals surface area contributed by atoms with Gasteiger partial charge < -0.3 is 4.74 Å². The molecule has 0 bridgehead atoms. The van der Waals surface area contributed by atoms with Crippen LogP contribution in [0.5, 0.6) is 0 Å². The molecule has 4 heteroatoms. The molecule has 0 amide bonds. The Bertz CT molecular complexity index is 384. The van der Waals surface area contributed by atoms with E-state index in [1.165, 1.54) is 6.07 Å². The Morgan fingerprint density at radius 1 is 1.40 bits per heavy atom. The van der Waals surface area contributed by atoms with Crippen molar-refractivity contribution < 1.29 is 18.3 Å². The van der Waals surface area contributed by atoms with Crippen LogP contribution in [0.3, 0.4) is 0 Å². The van der Waals surface area contributed by atoms with E-state index in [-0.39, 0.29) is 17.3 Å². The summed E-state index contributed by atoms with van der Waals surface area (Å²) < 4.78 is 30.9. The Morgan fingerprint density at radius 3 is 2.80 bits per heavy atom. The van der Waals surface area contributed by atoms with Crippen molar-refractivity contribution in [1.29, 1.82) is 0 Å². The first-order chi connectivity index (χ1) is 7.18. The van der Waals surface area contributed by atoms with Gasteiger partial charge in [0.15, 0.2) is 5.78 Å². The number of ether oxygens (including phenoxy) is 1. The number of carbonyl (C=O) groups is 1.